The number of rotatable bonds is 1. The van der Waals surface area contributed by atoms with Gasteiger partial charge in [0, 0.05) is 0 Å². The zero-order valence-electron chi connectivity index (χ0n) is 4.89. The summed E-state index contributed by atoms with van der Waals surface area (Å²) in [5.41, 5.74) is 0. The fourth-order valence-electron chi connectivity index (χ4n) is 1.02. The third-order valence-electron chi connectivity index (χ3n) is 1.79. The molecular weight excluding hydrogens is 88.1 g/mol. The lowest BCUT2D eigenvalue weighted by Gasteiger charge is -1.96. The maximum Gasteiger partial charge on any atom is 0.0542 e. The summed E-state index contributed by atoms with van der Waals surface area (Å²) < 4.78 is 0. The zero-order valence-corrected chi connectivity index (χ0v) is 4.89. The fraction of sp³-hybridized carbons (Fsp3) is 1.00. The van der Waals surface area contributed by atoms with E-state index in [9.17, 15) is 0 Å². The molecule has 1 aliphatic carbocycles. The van der Waals surface area contributed by atoms with Gasteiger partial charge in [-0.3, -0.25) is 0 Å². The van der Waals surface area contributed by atoms with E-state index in [1.54, 1.807) is 0 Å². The van der Waals surface area contributed by atoms with E-state index < -0.39 is 0 Å². The molecule has 0 bridgehead atoms. The Morgan fingerprint density at radius 1 is 1.71 bits per heavy atom. The molecule has 3 atom stereocenters. The Labute approximate surface area is 44.4 Å². The Hall–Kier alpha value is -0.0400. The molecule has 0 aromatic carbocycles. The van der Waals surface area contributed by atoms with Crippen LogP contribution >= 0.6 is 0 Å². The predicted octanol–water partition coefficient (Wildman–Crippen LogP) is 1.02. The molecule has 1 saturated carbocycles. The van der Waals surface area contributed by atoms with Gasteiger partial charge in [-0.15, -0.1) is 0 Å². The Kier molecular flexibility index (Phi) is 1.08. The van der Waals surface area contributed by atoms with E-state index in [4.69, 9.17) is 5.11 Å². The number of hydrogen-bond donors (Lipinski definition) is 1. The summed E-state index contributed by atoms with van der Waals surface area (Å²) in [6, 6.07) is 0. The van der Waals surface area contributed by atoms with Crippen LogP contribution in [-0.2, 0) is 0 Å². The molecule has 1 unspecified atom stereocenters. The molecule has 0 radical (unpaired) electrons. The predicted molar refractivity (Wildman–Crippen MR) is 29.0 cm³/mol. The SMILES string of the molecule is CC(O)[C@@H]1C[C@@H]1C. The van der Waals surface area contributed by atoms with Gasteiger partial charge < -0.3 is 5.11 Å². The minimum atomic E-state index is -0.0602. The van der Waals surface area contributed by atoms with Gasteiger partial charge in [-0.1, -0.05) is 6.92 Å². The van der Waals surface area contributed by atoms with E-state index >= 15 is 0 Å². The van der Waals surface area contributed by atoms with Crippen molar-refractivity contribution in [1.29, 1.82) is 0 Å². The average molecular weight is 100 g/mol. The van der Waals surface area contributed by atoms with Gasteiger partial charge in [-0.05, 0) is 25.2 Å². The van der Waals surface area contributed by atoms with E-state index in [0.29, 0.717) is 5.92 Å². The Morgan fingerprint density at radius 2 is 2.14 bits per heavy atom. The van der Waals surface area contributed by atoms with E-state index in [1.807, 2.05) is 6.92 Å². The van der Waals surface area contributed by atoms with Gasteiger partial charge in [0.15, 0.2) is 0 Å². The van der Waals surface area contributed by atoms with Gasteiger partial charge in [0.1, 0.15) is 0 Å². The first kappa shape index (κ1) is 5.10. The smallest absolute Gasteiger partial charge is 0.0542 e. The van der Waals surface area contributed by atoms with Crippen LogP contribution in [0, 0.1) is 11.8 Å². The summed E-state index contributed by atoms with van der Waals surface area (Å²) in [7, 11) is 0. The molecule has 0 amide bonds. The monoisotopic (exact) mass is 100 g/mol. The molecule has 0 aliphatic heterocycles. The molecule has 1 fully saturated rings. The summed E-state index contributed by atoms with van der Waals surface area (Å²) in [4.78, 5) is 0. The van der Waals surface area contributed by atoms with Crippen LogP contribution in [0.25, 0.3) is 0 Å². The normalized spacial score (nSPS) is 43.3. The second-order valence-corrected chi connectivity index (χ2v) is 2.62. The molecule has 0 heterocycles. The molecule has 0 aromatic rings. The highest BCUT2D eigenvalue weighted by Gasteiger charge is 2.35. The first-order valence-corrected chi connectivity index (χ1v) is 2.90. The summed E-state index contributed by atoms with van der Waals surface area (Å²) >= 11 is 0. The summed E-state index contributed by atoms with van der Waals surface area (Å²) in [5, 5.41) is 8.86. The summed E-state index contributed by atoms with van der Waals surface area (Å²) in [6.45, 7) is 4.05. The standard InChI is InChI=1S/C6H12O/c1-4-3-6(4)5(2)7/h4-7H,3H2,1-2H3/t4-,5?,6+/m0/s1. The largest absolute Gasteiger partial charge is 0.393 e. The van der Waals surface area contributed by atoms with Crippen LogP contribution in [0.1, 0.15) is 20.3 Å². The van der Waals surface area contributed by atoms with E-state index in [-0.39, 0.29) is 6.10 Å². The van der Waals surface area contributed by atoms with Gasteiger partial charge in [-0.25, -0.2) is 0 Å². The Balaban J connectivity index is 2.20. The van der Waals surface area contributed by atoms with Crippen molar-refractivity contribution in [2.75, 3.05) is 0 Å². The Bertz CT molecular complexity index is 68.6. The van der Waals surface area contributed by atoms with Gasteiger partial charge in [0.05, 0.1) is 6.10 Å². The van der Waals surface area contributed by atoms with E-state index in [0.717, 1.165) is 5.92 Å². The average Bonchev–Trinajstić information content (AvgIpc) is 2.17. The van der Waals surface area contributed by atoms with Crippen molar-refractivity contribution in [3.63, 3.8) is 0 Å². The number of aliphatic hydroxyl groups is 1. The van der Waals surface area contributed by atoms with Crippen molar-refractivity contribution < 1.29 is 5.11 Å². The molecule has 7 heavy (non-hydrogen) atoms. The van der Waals surface area contributed by atoms with Gasteiger partial charge in [0.25, 0.3) is 0 Å². The van der Waals surface area contributed by atoms with Crippen molar-refractivity contribution in [2.45, 2.75) is 26.4 Å². The molecule has 1 N–H and O–H groups in total. The molecule has 1 heteroatoms. The highest BCUT2D eigenvalue weighted by atomic mass is 16.3. The topological polar surface area (TPSA) is 20.2 Å². The lowest BCUT2D eigenvalue weighted by atomic mass is 10.2. The zero-order chi connectivity index (χ0) is 5.44. The molecule has 42 valence electrons. The van der Waals surface area contributed by atoms with Gasteiger partial charge in [-0.2, -0.15) is 0 Å². The number of hydrogen-bond acceptors (Lipinski definition) is 1. The third-order valence-corrected chi connectivity index (χ3v) is 1.79. The van der Waals surface area contributed by atoms with Crippen molar-refractivity contribution in [3.05, 3.63) is 0 Å². The molecule has 0 spiro atoms. The van der Waals surface area contributed by atoms with Crippen LogP contribution in [0.3, 0.4) is 0 Å². The van der Waals surface area contributed by atoms with Crippen LogP contribution in [0.2, 0.25) is 0 Å². The maximum absolute atomic E-state index is 8.86. The fourth-order valence-corrected chi connectivity index (χ4v) is 1.02. The molecule has 1 nitrogen and oxygen atoms in total. The van der Waals surface area contributed by atoms with E-state index in [2.05, 4.69) is 6.92 Å². The minimum absolute atomic E-state index is 0.0602. The quantitative estimate of drug-likeness (QED) is 0.521. The highest BCUT2D eigenvalue weighted by molar-refractivity contribution is 4.85. The Morgan fingerprint density at radius 3 is 2.14 bits per heavy atom. The van der Waals surface area contributed by atoms with Crippen molar-refractivity contribution in [2.24, 2.45) is 11.8 Å². The van der Waals surface area contributed by atoms with Crippen LogP contribution in [0.5, 0.6) is 0 Å². The van der Waals surface area contributed by atoms with E-state index in [1.165, 1.54) is 6.42 Å². The molecule has 1 aliphatic rings. The summed E-state index contributed by atoms with van der Waals surface area (Å²) in [5.74, 6) is 1.42. The van der Waals surface area contributed by atoms with Crippen LogP contribution in [0.15, 0.2) is 0 Å². The van der Waals surface area contributed by atoms with Crippen LogP contribution in [-0.4, -0.2) is 11.2 Å². The van der Waals surface area contributed by atoms with Gasteiger partial charge in [0.2, 0.25) is 0 Å². The highest BCUT2D eigenvalue weighted by Crippen LogP contribution is 2.40. The van der Waals surface area contributed by atoms with Crippen LogP contribution in [0.4, 0.5) is 0 Å². The maximum atomic E-state index is 8.86. The number of aliphatic hydroxyl groups excluding tert-OH is 1. The minimum Gasteiger partial charge on any atom is -0.393 e. The third kappa shape index (κ3) is 0.942. The molecule has 0 saturated heterocycles. The second-order valence-electron chi connectivity index (χ2n) is 2.62. The first-order valence-electron chi connectivity index (χ1n) is 2.90. The summed E-state index contributed by atoms with van der Waals surface area (Å²) in [6.07, 6.45) is 1.17. The molecular formula is C6H12O. The first-order chi connectivity index (χ1) is 3.22. The van der Waals surface area contributed by atoms with Crippen molar-refractivity contribution >= 4 is 0 Å². The second kappa shape index (κ2) is 1.48. The molecule has 1 rings (SSSR count). The van der Waals surface area contributed by atoms with Crippen LogP contribution < -0.4 is 0 Å². The van der Waals surface area contributed by atoms with Crippen molar-refractivity contribution in [3.8, 4) is 0 Å². The lowest BCUT2D eigenvalue weighted by molar-refractivity contribution is 0.165. The van der Waals surface area contributed by atoms with Gasteiger partial charge >= 0.3 is 0 Å². The molecule has 0 aromatic heterocycles. The van der Waals surface area contributed by atoms with Crippen molar-refractivity contribution in [1.82, 2.24) is 0 Å². The lowest BCUT2D eigenvalue weighted by Crippen LogP contribution is -2.02.